The number of carboxylic acids is 1. The highest BCUT2D eigenvalue weighted by atomic mass is 127. The normalized spacial score (nSPS) is 10.7. The zero-order valence-corrected chi connectivity index (χ0v) is 19.8. The van der Waals surface area contributed by atoms with E-state index in [1.807, 2.05) is 28.7 Å². The predicted molar refractivity (Wildman–Crippen MR) is 124 cm³/mol. The van der Waals surface area contributed by atoms with Crippen molar-refractivity contribution in [3.63, 3.8) is 0 Å². The minimum Gasteiger partial charge on any atom is -0.497 e. The van der Waals surface area contributed by atoms with Gasteiger partial charge in [0.15, 0.2) is 18.1 Å². The minimum atomic E-state index is -1.12. The van der Waals surface area contributed by atoms with Gasteiger partial charge in [0.1, 0.15) is 23.1 Å². The molecule has 32 heavy (non-hydrogen) atoms. The summed E-state index contributed by atoms with van der Waals surface area (Å²) in [5.41, 5.74) is 1.12. The first-order valence-electron chi connectivity index (χ1n) is 9.16. The maximum Gasteiger partial charge on any atom is 0.341 e. The summed E-state index contributed by atoms with van der Waals surface area (Å²) in [5, 5.41) is 21.0. The van der Waals surface area contributed by atoms with E-state index in [2.05, 4.69) is 5.32 Å². The summed E-state index contributed by atoms with van der Waals surface area (Å²) in [6, 6.07) is 10.3. The van der Waals surface area contributed by atoms with Crippen molar-refractivity contribution < 1.29 is 33.6 Å². The summed E-state index contributed by atoms with van der Waals surface area (Å²) < 4.78 is 21.6. The molecule has 0 aliphatic carbocycles. The number of carboxylic acid groups (broad SMARTS) is 1. The van der Waals surface area contributed by atoms with Crippen molar-refractivity contribution in [2.24, 2.45) is 0 Å². The molecule has 2 rings (SSSR count). The van der Waals surface area contributed by atoms with Crippen LogP contribution in [0.3, 0.4) is 0 Å². The molecule has 9 nitrogen and oxygen atoms in total. The number of nitrogens with one attached hydrogen (secondary N) is 1. The summed E-state index contributed by atoms with van der Waals surface area (Å²) in [6.45, 7) is -0.379. The summed E-state index contributed by atoms with van der Waals surface area (Å²) in [7, 11) is 4.47. The Morgan fingerprint density at radius 3 is 2.44 bits per heavy atom. The molecule has 0 fully saturated rings. The topological polar surface area (TPSA) is 127 Å². The maximum atomic E-state index is 12.6. The van der Waals surface area contributed by atoms with E-state index in [0.29, 0.717) is 20.6 Å². The molecule has 1 amide bonds. The molecule has 0 saturated carbocycles. The number of carbonyl (C=O) groups is 2. The predicted octanol–water partition coefficient (Wildman–Crippen LogP) is 3.00. The Kier molecular flexibility index (Phi) is 9.15. The van der Waals surface area contributed by atoms with Gasteiger partial charge in [-0.05, 0) is 58.5 Å². The fraction of sp³-hybridized carbons (Fsp3) is 0.227. The highest BCUT2D eigenvalue weighted by Gasteiger charge is 2.15. The highest BCUT2D eigenvalue weighted by molar-refractivity contribution is 14.1. The fourth-order valence-electron chi connectivity index (χ4n) is 2.68. The summed E-state index contributed by atoms with van der Waals surface area (Å²) in [6.07, 6.45) is 1.41. The Balaban J connectivity index is 2.22. The second kappa shape index (κ2) is 11.8. The third-order valence-electron chi connectivity index (χ3n) is 4.20. The molecule has 0 aliphatic rings. The molecule has 0 saturated heterocycles. The smallest absolute Gasteiger partial charge is 0.341 e. The van der Waals surface area contributed by atoms with E-state index in [1.165, 1.54) is 20.3 Å². The summed E-state index contributed by atoms with van der Waals surface area (Å²) in [4.78, 5) is 23.3. The van der Waals surface area contributed by atoms with Crippen molar-refractivity contribution in [1.82, 2.24) is 5.32 Å². The maximum absolute atomic E-state index is 12.6. The van der Waals surface area contributed by atoms with Crippen LogP contribution in [0.15, 0.2) is 35.9 Å². The number of aliphatic carboxylic acids is 1. The van der Waals surface area contributed by atoms with Crippen molar-refractivity contribution in [3.05, 3.63) is 50.6 Å². The van der Waals surface area contributed by atoms with Crippen LogP contribution in [0, 0.1) is 14.9 Å². The monoisotopic (exact) mass is 552 g/mol. The van der Waals surface area contributed by atoms with Crippen LogP contribution < -0.4 is 24.3 Å². The van der Waals surface area contributed by atoms with Crippen LogP contribution in [0.2, 0.25) is 0 Å². The quantitative estimate of drug-likeness (QED) is 0.262. The molecule has 0 heterocycles. The number of ether oxygens (including phenoxy) is 4. The van der Waals surface area contributed by atoms with Gasteiger partial charge in [0.05, 0.1) is 24.9 Å². The second-order valence-corrected chi connectivity index (χ2v) is 7.41. The van der Waals surface area contributed by atoms with Gasteiger partial charge in [0.2, 0.25) is 0 Å². The molecule has 0 spiro atoms. The number of halogens is 1. The number of nitriles is 1. The summed E-state index contributed by atoms with van der Waals surface area (Å²) in [5.74, 6) is 0.0267. The first kappa shape index (κ1) is 24.8. The SMILES string of the molecule is COc1ccc(CNC(=O)/C(C#N)=C/c2cc(I)c(OCC(=O)O)c(OC)c2)c(OC)c1. The molecule has 0 aromatic heterocycles. The van der Waals surface area contributed by atoms with Gasteiger partial charge < -0.3 is 29.4 Å². The molecule has 0 atom stereocenters. The third-order valence-corrected chi connectivity index (χ3v) is 5.00. The van der Waals surface area contributed by atoms with Gasteiger partial charge in [-0.25, -0.2) is 4.79 Å². The Morgan fingerprint density at radius 2 is 1.84 bits per heavy atom. The van der Waals surface area contributed by atoms with E-state index in [9.17, 15) is 14.9 Å². The van der Waals surface area contributed by atoms with E-state index < -0.39 is 18.5 Å². The zero-order chi connectivity index (χ0) is 23.7. The number of carbonyl (C=O) groups excluding carboxylic acids is 1. The van der Waals surface area contributed by atoms with Gasteiger partial charge in [0, 0.05) is 18.2 Å². The third kappa shape index (κ3) is 6.52. The van der Waals surface area contributed by atoms with Gasteiger partial charge in [-0.15, -0.1) is 0 Å². The lowest BCUT2D eigenvalue weighted by Crippen LogP contribution is -2.24. The first-order valence-corrected chi connectivity index (χ1v) is 10.2. The van der Waals surface area contributed by atoms with Crippen molar-refractivity contribution in [3.8, 4) is 29.1 Å². The van der Waals surface area contributed by atoms with Crippen LogP contribution in [-0.2, 0) is 16.1 Å². The molecular weight excluding hydrogens is 531 g/mol. The van der Waals surface area contributed by atoms with Crippen LogP contribution >= 0.6 is 22.6 Å². The molecule has 0 unspecified atom stereocenters. The van der Waals surface area contributed by atoms with Crippen LogP contribution in [0.25, 0.3) is 6.08 Å². The zero-order valence-electron chi connectivity index (χ0n) is 17.6. The van der Waals surface area contributed by atoms with E-state index in [1.54, 1.807) is 37.4 Å². The number of nitrogens with zero attached hydrogens (tertiary/aromatic N) is 1. The number of benzene rings is 2. The minimum absolute atomic E-state index is 0.116. The number of amides is 1. The van der Waals surface area contributed by atoms with Crippen molar-refractivity contribution in [2.75, 3.05) is 27.9 Å². The van der Waals surface area contributed by atoms with Gasteiger partial charge in [-0.2, -0.15) is 5.26 Å². The first-order chi connectivity index (χ1) is 15.3. The van der Waals surface area contributed by atoms with Gasteiger partial charge in [0.25, 0.3) is 5.91 Å². The number of hydrogen-bond acceptors (Lipinski definition) is 7. The van der Waals surface area contributed by atoms with Crippen LogP contribution in [0.1, 0.15) is 11.1 Å². The highest BCUT2D eigenvalue weighted by Crippen LogP contribution is 2.34. The lowest BCUT2D eigenvalue weighted by atomic mass is 10.1. The number of hydrogen-bond donors (Lipinski definition) is 2. The number of rotatable bonds is 10. The molecule has 0 radical (unpaired) electrons. The van der Waals surface area contributed by atoms with E-state index in [0.717, 1.165) is 5.56 Å². The molecular formula is C22H21IN2O7. The average molecular weight is 552 g/mol. The van der Waals surface area contributed by atoms with Crippen molar-refractivity contribution in [2.45, 2.75) is 6.54 Å². The lowest BCUT2D eigenvalue weighted by molar-refractivity contribution is -0.139. The average Bonchev–Trinajstić information content (AvgIpc) is 2.79. The Bertz CT molecular complexity index is 1080. The van der Waals surface area contributed by atoms with Crippen LogP contribution in [-0.4, -0.2) is 44.9 Å². The second-order valence-electron chi connectivity index (χ2n) is 6.25. The molecule has 10 heteroatoms. The van der Waals surface area contributed by atoms with Crippen molar-refractivity contribution in [1.29, 1.82) is 5.26 Å². The lowest BCUT2D eigenvalue weighted by Gasteiger charge is -2.13. The van der Waals surface area contributed by atoms with Crippen LogP contribution in [0.4, 0.5) is 0 Å². The number of methoxy groups -OCH3 is 3. The molecule has 0 aliphatic heterocycles. The Hall–Kier alpha value is -3.46. The standard InChI is InChI=1S/C22H21IN2O7/c1-29-16-5-4-14(18(9-16)30-2)11-25-22(28)15(10-24)6-13-7-17(23)21(19(8-13)31-3)32-12-20(26)27/h4-9H,11-12H2,1-3H3,(H,25,28)(H,26,27)/b15-6+. The van der Waals surface area contributed by atoms with E-state index >= 15 is 0 Å². The molecule has 0 bridgehead atoms. The molecule has 2 aromatic rings. The van der Waals surface area contributed by atoms with Crippen molar-refractivity contribution >= 4 is 40.5 Å². The summed E-state index contributed by atoms with van der Waals surface area (Å²) >= 11 is 1.96. The fourth-order valence-corrected chi connectivity index (χ4v) is 3.46. The largest absolute Gasteiger partial charge is 0.497 e. The van der Waals surface area contributed by atoms with Gasteiger partial charge >= 0.3 is 5.97 Å². The molecule has 168 valence electrons. The molecule has 2 aromatic carbocycles. The van der Waals surface area contributed by atoms with Gasteiger partial charge in [-0.3, -0.25) is 4.79 Å². The van der Waals surface area contributed by atoms with E-state index in [4.69, 9.17) is 24.1 Å². The van der Waals surface area contributed by atoms with E-state index in [-0.39, 0.29) is 23.6 Å². The van der Waals surface area contributed by atoms with Crippen LogP contribution in [0.5, 0.6) is 23.0 Å². The molecule has 2 N–H and O–H groups in total. The van der Waals surface area contributed by atoms with Gasteiger partial charge in [-0.1, -0.05) is 0 Å². The Labute approximate surface area is 198 Å². The Morgan fingerprint density at radius 1 is 1.12 bits per heavy atom.